The molecule has 4 amide bonds. The minimum absolute atomic E-state index is 0.00667. The van der Waals surface area contributed by atoms with Crippen molar-refractivity contribution in [2.45, 2.75) is 138 Å². The molecule has 1 aromatic heterocycles. The molecule has 2 saturated carbocycles. The number of methoxy groups -OCH3 is 1. The Balaban J connectivity index is 1.28. The Labute approximate surface area is 345 Å². The van der Waals surface area contributed by atoms with Crippen LogP contribution in [0.5, 0.6) is 11.5 Å². The van der Waals surface area contributed by atoms with Crippen LogP contribution in [0.4, 0.5) is 18.0 Å². The molecule has 4 heterocycles. The van der Waals surface area contributed by atoms with Crippen LogP contribution in [0.1, 0.15) is 103 Å². The molecule has 19 heteroatoms. The molecule has 1 aromatic carbocycles. The molecule has 3 aliphatic heterocycles. The lowest BCUT2D eigenvalue weighted by Crippen LogP contribution is -2.58. The number of alkyl halides is 3. The minimum Gasteiger partial charge on any atom is -0.497 e. The summed E-state index contributed by atoms with van der Waals surface area (Å²) in [6.45, 7) is 6.14. The maximum absolute atomic E-state index is 14.8. The molecule has 7 rings (SSSR count). The standard InChI is InChI=1S/C40H49ClF3N5O9S/c1-36(2,3)58-35(53)45-27-12-10-8-6-7-9-11-22-19-39(22,34(52)48-59(54,55)37(4)15-16-37)47-32(50)28-20-38(21-49(28)33(27)51)14-13-24-25-17-23(56-5)18-26(41)29(25)46-31(30(24)57-38)40(42,43)44/h9,11,17-18,22,27-28H,6-8,10,12-16,19-21H2,1-5H3,(H,45,53)(H,47,50)(H,48,52)/b11-9-/t22-,27+,28+,38-,39-/m1/s1. The lowest BCUT2D eigenvalue weighted by Gasteiger charge is -2.37. The highest BCUT2D eigenvalue weighted by atomic mass is 35.5. The number of allylic oxidation sites excluding steroid dienone is 1. The molecule has 2 aliphatic carbocycles. The van der Waals surface area contributed by atoms with Gasteiger partial charge in [0, 0.05) is 29.4 Å². The molecule has 1 saturated heterocycles. The number of hydrogen-bond donors (Lipinski definition) is 3. The van der Waals surface area contributed by atoms with Gasteiger partial charge in [0.25, 0.3) is 5.91 Å². The Bertz CT molecular complexity index is 2230. The summed E-state index contributed by atoms with van der Waals surface area (Å²) >= 11 is 6.40. The number of aromatic nitrogens is 1. The van der Waals surface area contributed by atoms with Crippen molar-refractivity contribution >= 4 is 56.3 Å². The van der Waals surface area contributed by atoms with Crippen LogP contribution in [-0.4, -0.2) is 89.3 Å². The second kappa shape index (κ2) is 15.0. The van der Waals surface area contributed by atoms with E-state index in [0.29, 0.717) is 38.5 Å². The SMILES string of the molecule is COc1cc(Cl)c2nc(C(F)(F)F)c3c(c2c1)CC[C@]1(C[C@H]2C(=O)N[C@]4(C(=O)NS(=O)(=O)C5(C)CC5)C[C@H]4/C=C\CCCCC[C@H](NC(=O)OC(C)(C)C)C(=O)N2C1)O3. The van der Waals surface area contributed by atoms with E-state index < -0.39 is 90.9 Å². The van der Waals surface area contributed by atoms with Crippen molar-refractivity contribution in [2.75, 3.05) is 13.7 Å². The van der Waals surface area contributed by atoms with Gasteiger partial charge in [0.15, 0.2) is 11.4 Å². The van der Waals surface area contributed by atoms with Gasteiger partial charge in [0.1, 0.15) is 34.6 Å². The van der Waals surface area contributed by atoms with Crippen molar-refractivity contribution in [3.63, 3.8) is 0 Å². The van der Waals surface area contributed by atoms with Gasteiger partial charge in [-0.15, -0.1) is 0 Å². The van der Waals surface area contributed by atoms with Crippen LogP contribution < -0.4 is 24.8 Å². The van der Waals surface area contributed by atoms with Crippen LogP contribution in [0.3, 0.4) is 0 Å². The molecule has 2 aromatic rings. The quantitative estimate of drug-likeness (QED) is 0.308. The summed E-state index contributed by atoms with van der Waals surface area (Å²) in [7, 11) is -2.72. The van der Waals surface area contributed by atoms with E-state index in [1.54, 1.807) is 26.8 Å². The molecule has 5 atom stereocenters. The average Bonchev–Trinajstić information content (AvgIpc) is 4.03. The first-order valence-corrected chi connectivity index (χ1v) is 21.7. The third-order valence-corrected chi connectivity index (χ3v) is 14.5. The summed E-state index contributed by atoms with van der Waals surface area (Å²) in [5.41, 5.74) is -5.41. The van der Waals surface area contributed by atoms with Crippen LogP contribution in [-0.2, 0) is 41.7 Å². The fourth-order valence-corrected chi connectivity index (χ4v) is 9.89. The number of halogens is 4. The molecule has 5 aliphatic rings. The molecule has 0 bridgehead atoms. The number of sulfonamides is 1. The molecular weight excluding hydrogens is 819 g/mol. The lowest BCUT2D eigenvalue weighted by molar-refractivity contribution is -0.144. The summed E-state index contributed by atoms with van der Waals surface area (Å²) < 4.78 is 89.1. The van der Waals surface area contributed by atoms with Gasteiger partial charge in [-0.05, 0) is 85.1 Å². The summed E-state index contributed by atoms with van der Waals surface area (Å²) in [5, 5.41) is 5.66. The van der Waals surface area contributed by atoms with Crippen LogP contribution in [0.25, 0.3) is 10.9 Å². The Morgan fingerprint density at radius 3 is 2.47 bits per heavy atom. The van der Waals surface area contributed by atoms with Gasteiger partial charge in [0.05, 0.1) is 28.9 Å². The Kier molecular flexibility index (Phi) is 10.9. The molecule has 322 valence electrons. The first-order chi connectivity index (χ1) is 27.5. The number of ether oxygens (including phenoxy) is 3. The number of benzene rings is 1. The van der Waals surface area contributed by atoms with Crippen molar-refractivity contribution in [1.29, 1.82) is 0 Å². The van der Waals surface area contributed by atoms with Gasteiger partial charge >= 0.3 is 12.3 Å². The van der Waals surface area contributed by atoms with Crippen molar-refractivity contribution in [1.82, 2.24) is 25.2 Å². The number of nitrogens with zero attached hydrogens (tertiary/aromatic N) is 2. The number of alkyl carbamates (subject to hydrolysis) is 1. The molecular formula is C40H49ClF3N5O9S. The van der Waals surface area contributed by atoms with Gasteiger partial charge in [-0.2, -0.15) is 13.2 Å². The van der Waals surface area contributed by atoms with E-state index in [2.05, 4.69) is 20.3 Å². The lowest BCUT2D eigenvalue weighted by atomic mass is 9.87. The van der Waals surface area contributed by atoms with E-state index in [1.165, 1.54) is 31.1 Å². The number of carbonyl (C=O) groups excluding carboxylic acids is 4. The predicted molar refractivity (Wildman–Crippen MR) is 209 cm³/mol. The van der Waals surface area contributed by atoms with Gasteiger partial charge in [0.2, 0.25) is 21.8 Å². The van der Waals surface area contributed by atoms with E-state index in [0.717, 1.165) is 0 Å². The maximum Gasteiger partial charge on any atom is 0.437 e. The molecule has 14 nitrogen and oxygen atoms in total. The number of carbonyl (C=O) groups is 4. The number of rotatable bonds is 5. The Morgan fingerprint density at radius 1 is 1.08 bits per heavy atom. The van der Waals surface area contributed by atoms with Crippen LogP contribution in [0.15, 0.2) is 24.3 Å². The van der Waals surface area contributed by atoms with Gasteiger partial charge in [-0.25, -0.2) is 18.2 Å². The molecule has 1 spiro atoms. The van der Waals surface area contributed by atoms with Crippen molar-refractivity contribution < 1.29 is 55.0 Å². The van der Waals surface area contributed by atoms with E-state index in [1.807, 2.05) is 6.08 Å². The fourth-order valence-electron chi connectivity index (χ4n) is 8.32. The van der Waals surface area contributed by atoms with Crippen molar-refractivity contribution in [3.8, 4) is 11.5 Å². The Morgan fingerprint density at radius 2 is 1.81 bits per heavy atom. The van der Waals surface area contributed by atoms with E-state index >= 15 is 0 Å². The second-order valence-corrected chi connectivity index (χ2v) is 20.3. The number of hydrogen-bond acceptors (Lipinski definition) is 10. The molecule has 3 fully saturated rings. The monoisotopic (exact) mass is 867 g/mol. The first kappa shape index (κ1) is 42.8. The molecule has 0 radical (unpaired) electrons. The highest BCUT2D eigenvalue weighted by Gasteiger charge is 2.64. The van der Waals surface area contributed by atoms with Crippen LogP contribution in [0, 0.1) is 5.92 Å². The summed E-state index contributed by atoms with van der Waals surface area (Å²) in [6.07, 6.45) is 0.932. The molecule has 59 heavy (non-hydrogen) atoms. The zero-order chi connectivity index (χ0) is 42.9. The van der Waals surface area contributed by atoms with E-state index in [9.17, 15) is 40.8 Å². The average molecular weight is 868 g/mol. The largest absolute Gasteiger partial charge is 0.497 e. The third kappa shape index (κ3) is 8.40. The van der Waals surface area contributed by atoms with Crippen LogP contribution in [0.2, 0.25) is 5.02 Å². The van der Waals surface area contributed by atoms with Gasteiger partial charge in [-0.3, -0.25) is 19.1 Å². The molecule has 0 unspecified atom stereocenters. The Hall–Kier alpha value is -4.32. The number of aryl methyl sites for hydroxylation is 1. The van der Waals surface area contributed by atoms with E-state index in [-0.39, 0.29) is 65.9 Å². The number of pyridine rings is 1. The van der Waals surface area contributed by atoms with E-state index in [4.69, 9.17) is 25.8 Å². The zero-order valence-electron chi connectivity index (χ0n) is 33.5. The summed E-state index contributed by atoms with van der Waals surface area (Å²) in [6, 6.07) is 0.263. The zero-order valence-corrected chi connectivity index (χ0v) is 35.1. The smallest absolute Gasteiger partial charge is 0.437 e. The van der Waals surface area contributed by atoms with Gasteiger partial charge < -0.3 is 29.7 Å². The first-order valence-electron chi connectivity index (χ1n) is 19.8. The maximum atomic E-state index is 14.8. The number of fused-ring (bicyclic) bond motifs is 5. The summed E-state index contributed by atoms with van der Waals surface area (Å²) in [5.74, 6) is -3.31. The number of nitrogens with one attached hydrogen (secondary N) is 3. The third-order valence-electron chi connectivity index (χ3n) is 12.0. The second-order valence-electron chi connectivity index (χ2n) is 17.7. The predicted octanol–water partition coefficient (Wildman–Crippen LogP) is 5.87. The van der Waals surface area contributed by atoms with Crippen LogP contribution >= 0.6 is 11.6 Å². The van der Waals surface area contributed by atoms with Crippen molar-refractivity contribution in [3.05, 3.63) is 40.6 Å². The topological polar surface area (TPSA) is 182 Å². The van der Waals surface area contributed by atoms with Gasteiger partial charge in [-0.1, -0.05) is 36.6 Å². The fraction of sp³-hybridized carbons (Fsp3) is 0.625. The normalized spacial score (nSPS) is 28.8. The number of amides is 4. The highest BCUT2D eigenvalue weighted by molar-refractivity contribution is 7.91. The minimum atomic E-state index is -5.00. The molecule has 3 N–H and O–H groups in total. The van der Waals surface area contributed by atoms with Crippen molar-refractivity contribution in [2.24, 2.45) is 5.92 Å². The highest BCUT2D eigenvalue weighted by Crippen LogP contribution is 2.51. The summed E-state index contributed by atoms with van der Waals surface area (Å²) in [4.78, 5) is 61.5.